The zero-order chi connectivity index (χ0) is 14.5. The van der Waals surface area contributed by atoms with Crippen LogP contribution in [-0.2, 0) is 6.54 Å². The van der Waals surface area contributed by atoms with Crippen molar-refractivity contribution in [2.45, 2.75) is 20.4 Å². The highest BCUT2D eigenvalue weighted by atomic mass is 16.5. The van der Waals surface area contributed by atoms with E-state index in [1.54, 1.807) is 0 Å². The molecule has 0 atom stereocenters. The third-order valence-electron chi connectivity index (χ3n) is 3.28. The van der Waals surface area contributed by atoms with E-state index in [1.807, 2.05) is 25.1 Å². The topological polar surface area (TPSA) is 38.5 Å². The van der Waals surface area contributed by atoms with Gasteiger partial charge in [0.2, 0.25) is 0 Å². The molecule has 2 N–H and O–H groups in total. The molecule has 0 aromatic heterocycles. The molecule has 2 aromatic rings. The second-order valence-corrected chi connectivity index (χ2v) is 5.00. The lowest BCUT2D eigenvalue weighted by molar-refractivity contribution is 0.342. The van der Waals surface area contributed by atoms with Gasteiger partial charge in [0.1, 0.15) is 5.75 Å². The van der Waals surface area contributed by atoms with Gasteiger partial charge in [0.25, 0.3) is 0 Å². The van der Waals surface area contributed by atoms with Crippen LogP contribution in [0.2, 0.25) is 0 Å². The summed E-state index contributed by atoms with van der Waals surface area (Å²) in [6, 6.07) is 14.5. The first kappa shape index (κ1) is 14.3. The van der Waals surface area contributed by atoms with Crippen molar-refractivity contribution in [3.8, 4) is 5.75 Å². The van der Waals surface area contributed by atoms with Gasteiger partial charge in [-0.2, -0.15) is 0 Å². The van der Waals surface area contributed by atoms with Crippen molar-refractivity contribution in [3.05, 3.63) is 53.6 Å². The minimum absolute atomic E-state index is 0.620. The van der Waals surface area contributed by atoms with Gasteiger partial charge in [0.15, 0.2) is 0 Å². The molecule has 0 radical (unpaired) electrons. The minimum Gasteiger partial charge on any atom is -0.492 e. The van der Waals surface area contributed by atoms with E-state index >= 15 is 0 Å². The van der Waals surface area contributed by atoms with E-state index in [-0.39, 0.29) is 0 Å². The highest BCUT2D eigenvalue weighted by molar-refractivity contribution is 5.62. The second-order valence-electron chi connectivity index (χ2n) is 5.00. The van der Waals surface area contributed by atoms with Gasteiger partial charge in [-0.15, -0.1) is 0 Å². The number of benzene rings is 2. The number of nitrogens with two attached hydrogens (primary N) is 1. The van der Waals surface area contributed by atoms with Crippen LogP contribution in [-0.4, -0.2) is 13.7 Å². The normalized spacial score (nSPS) is 10.3. The monoisotopic (exact) mass is 270 g/mol. The molecular formula is C17H22N2O. The van der Waals surface area contributed by atoms with Gasteiger partial charge in [-0.3, -0.25) is 0 Å². The number of nitrogens with zero attached hydrogens (tertiary/aromatic N) is 1. The Kier molecular flexibility index (Phi) is 4.51. The lowest BCUT2D eigenvalue weighted by Gasteiger charge is -2.21. The third-order valence-corrected chi connectivity index (χ3v) is 3.28. The van der Waals surface area contributed by atoms with Crippen LogP contribution in [0.3, 0.4) is 0 Å². The maximum Gasteiger partial charge on any atom is 0.144 e. The lowest BCUT2D eigenvalue weighted by Crippen LogP contribution is -2.16. The van der Waals surface area contributed by atoms with Crippen LogP contribution >= 0.6 is 0 Å². The molecule has 0 fully saturated rings. The molecule has 0 aliphatic heterocycles. The molecular weight excluding hydrogens is 248 g/mol. The fourth-order valence-corrected chi connectivity index (χ4v) is 2.10. The Balaban J connectivity index is 2.14. The molecule has 0 spiro atoms. The van der Waals surface area contributed by atoms with Crippen molar-refractivity contribution in [2.75, 3.05) is 24.3 Å². The number of aryl methyl sites for hydroxylation is 1. The fraction of sp³-hybridized carbons (Fsp3) is 0.294. The smallest absolute Gasteiger partial charge is 0.144 e. The number of hydrogen-bond acceptors (Lipinski definition) is 3. The molecule has 106 valence electrons. The average molecular weight is 270 g/mol. The van der Waals surface area contributed by atoms with Gasteiger partial charge in [-0.1, -0.05) is 29.8 Å². The molecule has 0 bridgehead atoms. The highest BCUT2D eigenvalue weighted by Crippen LogP contribution is 2.28. The zero-order valence-corrected chi connectivity index (χ0v) is 12.4. The molecule has 3 heteroatoms. The van der Waals surface area contributed by atoms with Crippen LogP contribution in [0.15, 0.2) is 42.5 Å². The van der Waals surface area contributed by atoms with Crippen LogP contribution in [0.25, 0.3) is 0 Å². The van der Waals surface area contributed by atoms with Gasteiger partial charge in [-0.05, 0) is 31.5 Å². The summed E-state index contributed by atoms with van der Waals surface area (Å²) in [6.45, 7) is 5.54. The minimum atomic E-state index is 0.620. The maximum absolute atomic E-state index is 5.90. The molecule has 0 unspecified atom stereocenters. The largest absolute Gasteiger partial charge is 0.492 e. The molecule has 2 aromatic carbocycles. The summed E-state index contributed by atoms with van der Waals surface area (Å²) in [7, 11) is 2.07. The van der Waals surface area contributed by atoms with Crippen LogP contribution in [0.4, 0.5) is 11.4 Å². The van der Waals surface area contributed by atoms with E-state index in [0.717, 1.165) is 18.0 Å². The van der Waals surface area contributed by atoms with Gasteiger partial charge in [0.05, 0.1) is 12.3 Å². The van der Waals surface area contributed by atoms with Crippen LogP contribution < -0.4 is 15.4 Å². The molecule has 2 rings (SSSR count). The van der Waals surface area contributed by atoms with Crippen molar-refractivity contribution < 1.29 is 4.74 Å². The first-order chi connectivity index (χ1) is 9.60. The Bertz CT molecular complexity index is 564. The highest BCUT2D eigenvalue weighted by Gasteiger charge is 2.06. The fourth-order valence-electron chi connectivity index (χ4n) is 2.10. The van der Waals surface area contributed by atoms with Crippen molar-refractivity contribution >= 4 is 11.4 Å². The molecule has 0 heterocycles. The summed E-state index contributed by atoms with van der Waals surface area (Å²) < 4.78 is 5.54. The summed E-state index contributed by atoms with van der Waals surface area (Å²) in [4.78, 5) is 2.19. The van der Waals surface area contributed by atoms with E-state index in [9.17, 15) is 0 Å². The summed E-state index contributed by atoms with van der Waals surface area (Å²) >= 11 is 0. The summed E-state index contributed by atoms with van der Waals surface area (Å²) in [5.41, 5.74) is 10.2. The van der Waals surface area contributed by atoms with Gasteiger partial charge in [-0.25, -0.2) is 0 Å². The summed E-state index contributed by atoms with van der Waals surface area (Å²) in [6.07, 6.45) is 0. The Hall–Kier alpha value is -2.16. The van der Waals surface area contributed by atoms with Crippen LogP contribution in [0.1, 0.15) is 18.1 Å². The van der Waals surface area contributed by atoms with E-state index in [4.69, 9.17) is 10.5 Å². The van der Waals surface area contributed by atoms with Crippen molar-refractivity contribution in [3.63, 3.8) is 0 Å². The molecule has 0 amide bonds. The number of ether oxygens (including phenoxy) is 1. The van der Waals surface area contributed by atoms with Gasteiger partial charge in [0, 0.05) is 25.3 Å². The quantitative estimate of drug-likeness (QED) is 0.843. The number of anilines is 2. The summed E-state index contributed by atoms with van der Waals surface area (Å²) in [5, 5.41) is 0. The predicted octanol–water partition coefficient (Wildman–Crippen LogP) is 3.61. The molecule has 0 aliphatic carbocycles. The Labute approximate surface area is 121 Å². The Morgan fingerprint density at radius 1 is 1.10 bits per heavy atom. The van der Waals surface area contributed by atoms with E-state index < -0.39 is 0 Å². The number of hydrogen-bond donors (Lipinski definition) is 1. The lowest BCUT2D eigenvalue weighted by atomic mass is 10.1. The van der Waals surface area contributed by atoms with Gasteiger partial charge >= 0.3 is 0 Å². The average Bonchev–Trinajstić information content (AvgIpc) is 2.44. The standard InChI is InChI=1S/C17H22N2O/c1-4-20-17-11-15(9-10-16(17)18)19(3)12-14-7-5-13(2)6-8-14/h5-11H,4,12,18H2,1-3H3. The Morgan fingerprint density at radius 3 is 2.45 bits per heavy atom. The summed E-state index contributed by atoms with van der Waals surface area (Å²) in [5.74, 6) is 0.751. The zero-order valence-electron chi connectivity index (χ0n) is 12.4. The van der Waals surface area contributed by atoms with Crippen LogP contribution in [0.5, 0.6) is 5.75 Å². The molecule has 0 saturated carbocycles. The van der Waals surface area contributed by atoms with Crippen molar-refractivity contribution in [2.24, 2.45) is 0 Å². The number of nitrogen functional groups attached to an aromatic ring is 1. The first-order valence-electron chi connectivity index (χ1n) is 6.89. The van der Waals surface area contributed by atoms with Gasteiger partial charge < -0.3 is 15.4 Å². The maximum atomic E-state index is 5.90. The Morgan fingerprint density at radius 2 is 1.80 bits per heavy atom. The second kappa shape index (κ2) is 6.33. The van der Waals surface area contributed by atoms with Crippen molar-refractivity contribution in [1.82, 2.24) is 0 Å². The van der Waals surface area contributed by atoms with Crippen molar-refractivity contribution in [1.29, 1.82) is 0 Å². The molecule has 20 heavy (non-hydrogen) atoms. The van der Waals surface area contributed by atoms with E-state index in [1.165, 1.54) is 11.1 Å². The third kappa shape index (κ3) is 3.44. The predicted molar refractivity (Wildman–Crippen MR) is 85.3 cm³/mol. The van der Waals surface area contributed by atoms with E-state index in [0.29, 0.717) is 12.3 Å². The molecule has 0 aliphatic rings. The molecule has 3 nitrogen and oxygen atoms in total. The SMILES string of the molecule is CCOc1cc(N(C)Cc2ccc(C)cc2)ccc1N. The first-order valence-corrected chi connectivity index (χ1v) is 6.89. The number of rotatable bonds is 5. The molecule has 0 saturated heterocycles. The van der Waals surface area contributed by atoms with E-state index in [2.05, 4.69) is 43.1 Å². The van der Waals surface area contributed by atoms with Crippen LogP contribution in [0, 0.1) is 6.92 Å².